The Kier molecular flexibility index (Phi) is 6.46. The second-order valence-electron chi connectivity index (χ2n) is 6.95. The molecule has 0 fully saturated rings. The zero-order chi connectivity index (χ0) is 21.7. The minimum absolute atomic E-state index is 0.0594. The number of ether oxygens (including phenoxy) is 1. The van der Waals surface area contributed by atoms with Gasteiger partial charge in [0.05, 0.1) is 24.7 Å². The quantitative estimate of drug-likeness (QED) is 0.640. The van der Waals surface area contributed by atoms with Crippen LogP contribution in [0.15, 0.2) is 53.3 Å². The first-order valence-electron chi connectivity index (χ1n) is 9.52. The standard InChI is InChI=1S/C22H24N4O4/c1-25(2)21(28)14-23-20(27)13-12-18-22(29)26(15-8-10-16(30-3)11-9-15)19-7-5-4-6-17(19)24-18/h4-11H,12-14H2,1-3H3,(H,23,27). The van der Waals surface area contributed by atoms with Crippen LogP contribution in [-0.2, 0) is 16.0 Å². The molecule has 0 unspecified atom stereocenters. The van der Waals surface area contributed by atoms with Crippen LogP contribution in [0.4, 0.5) is 0 Å². The predicted molar refractivity (Wildman–Crippen MR) is 114 cm³/mol. The third-order valence-corrected chi connectivity index (χ3v) is 4.68. The number of benzene rings is 2. The van der Waals surface area contributed by atoms with Crippen molar-refractivity contribution in [1.82, 2.24) is 19.8 Å². The zero-order valence-corrected chi connectivity index (χ0v) is 17.2. The normalized spacial score (nSPS) is 10.6. The number of para-hydroxylation sites is 2. The second kappa shape index (κ2) is 9.21. The summed E-state index contributed by atoms with van der Waals surface area (Å²) in [6, 6.07) is 14.5. The molecule has 0 aliphatic rings. The van der Waals surface area contributed by atoms with Gasteiger partial charge in [-0.15, -0.1) is 0 Å². The Bertz CT molecular complexity index is 1120. The first kappa shape index (κ1) is 21.0. The van der Waals surface area contributed by atoms with Gasteiger partial charge in [-0.3, -0.25) is 19.0 Å². The van der Waals surface area contributed by atoms with E-state index in [4.69, 9.17) is 4.74 Å². The third kappa shape index (κ3) is 4.65. The summed E-state index contributed by atoms with van der Waals surface area (Å²) < 4.78 is 6.78. The van der Waals surface area contributed by atoms with E-state index in [-0.39, 0.29) is 36.8 Å². The van der Waals surface area contributed by atoms with Crippen molar-refractivity contribution in [3.8, 4) is 11.4 Å². The van der Waals surface area contributed by atoms with Crippen LogP contribution >= 0.6 is 0 Å². The Morgan fingerprint density at radius 1 is 1.10 bits per heavy atom. The summed E-state index contributed by atoms with van der Waals surface area (Å²) in [7, 11) is 4.82. The number of amides is 2. The molecule has 0 saturated carbocycles. The summed E-state index contributed by atoms with van der Waals surface area (Å²) in [5, 5.41) is 2.57. The third-order valence-electron chi connectivity index (χ3n) is 4.68. The lowest BCUT2D eigenvalue weighted by molar-refractivity contribution is -0.130. The maximum Gasteiger partial charge on any atom is 0.277 e. The fraction of sp³-hybridized carbons (Fsp3) is 0.273. The summed E-state index contributed by atoms with van der Waals surface area (Å²) in [4.78, 5) is 42.8. The van der Waals surface area contributed by atoms with Gasteiger partial charge >= 0.3 is 0 Å². The van der Waals surface area contributed by atoms with Crippen molar-refractivity contribution < 1.29 is 14.3 Å². The highest BCUT2D eigenvalue weighted by Crippen LogP contribution is 2.18. The van der Waals surface area contributed by atoms with E-state index in [1.165, 1.54) is 4.90 Å². The molecule has 3 aromatic rings. The van der Waals surface area contributed by atoms with E-state index < -0.39 is 0 Å². The minimum atomic E-state index is -0.310. The number of carbonyl (C=O) groups is 2. The van der Waals surface area contributed by atoms with Gasteiger partial charge < -0.3 is 15.0 Å². The van der Waals surface area contributed by atoms with E-state index in [1.54, 1.807) is 50.0 Å². The molecule has 8 heteroatoms. The number of likely N-dealkylation sites (N-methyl/N-ethyl adjacent to an activating group) is 1. The van der Waals surface area contributed by atoms with Crippen molar-refractivity contribution in [2.24, 2.45) is 0 Å². The van der Waals surface area contributed by atoms with Crippen molar-refractivity contribution in [3.05, 3.63) is 64.6 Å². The maximum absolute atomic E-state index is 13.2. The molecule has 0 aliphatic carbocycles. The van der Waals surface area contributed by atoms with E-state index in [1.807, 2.05) is 24.3 Å². The Hall–Kier alpha value is -3.68. The van der Waals surface area contributed by atoms with E-state index in [2.05, 4.69) is 10.3 Å². The van der Waals surface area contributed by atoms with Gasteiger partial charge in [-0.2, -0.15) is 0 Å². The lowest BCUT2D eigenvalue weighted by Crippen LogP contribution is -2.36. The van der Waals surface area contributed by atoms with Crippen LogP contribution in [0.3, 0.4) is 0 Å². The smallest absolute Gasteiger partial charge is 0.277 e. The SMILES string of the molecule is COc1ccc(-n2c(=O)c(CCC(=O)NCC(=O)N(C)C)nc3ccccc32)cc1. The van der Waals surface area contributed by atoms with Gasteiger partial charge in [-0.05, 0) is 36.4 Å². The van der Waals surface area contributed by atoms with Crippen LogP contribution < -0.4 is 15.6 Å². The van der Waals surface area contributed by atoms with Crippen molar-refractivity contribution in [1.29, 1.82) is 0 Å². The highest BCUT2D eigenvalue weighted by molar-refractivity contribution is 5.84. The number of hydrogen-bond acceptors (Lipinski definition) is 5. The Labute approximate surface area is 174 Å². The van der Waals surface area contributed by atoms with Crippen LogP contribution in [0.1, 0.15) is 12.1 Å². The molecule has 2 amide bonds. The number of nitrogens with one attached hydrogen (secondary N) is 1. The lowest BCUT2D eigenvalue weighted by atomic mass is 10.2. The number of hydrogen-bond donors (Lipinski definition) is 1. The molecular weight excluding hydrogens is 384 g/mol. The molecule has 2 aromatic carbocycles. The summed E-state index contributed by atoms with van der Waals surface area (Å²) in [6.07, 6.45) is 0.228. The highest BCUT2D eigenvalue weighted by atomic mass is 16.5. The van der Waals surface area contributed by atoms with E-state index in [0.717, 1.165) is 0 Å². The number of aromatic nitrogens is 2. The summed E-state index contributed by atoms with van der Waals surface area (Å²) in [5.74, 6) is 0.180. The molecule has 30 heavy (non-hydrogen) atoms. The maximum atomic E-state index is 13.2. The van der Waals surface area contributed by atoms with Crippen molar-refractivity contribution in [2.45, 2.75) is 12.8 Å². The molecule has 3 rings (SSSR count). The Morgan fingerprint density at radius 2 is 1.80 bits per heavy atom. The van der Waals surface area contributed by atoms with Gasteiger partial charge in [0, 0.05) is 32.6 Å². The van der Waals surface area contributed by atoms with Crippen LogP contribution in [0, 0.1) is 0 Å². The lowest BCUT2D eigenvalue weighted by Gasteiger charge is -2.13. The molecule has 0 radical (unpaired) electrons. The first-order chi connectivity index (χ1) is 14.4. The van der Waals surface area contributed by atoms with Crippen LogP contribution in [-0.4, -0.2) is 54.0 Å². The molecule has 1 aromatic heterocycles. The summed E-state index contributed by atoms with van der Waals surface area (Å²) in [5.41, 5.74) is 2.03. The average molecular weight is 408 g/mol. The molecule has 0 atom stereocenters. The number of methoxy groups -OCH3 is 1. The topological polar surface area (TPSA) is 93.5 Å². The average Bonchev–Trinajstić information content (AvgIpc) is 2.76. The van der Waals surface area contributed by atoms with Gasteiger partial charge in [0.15, 0.2) is 0 Å². The molecule has 8 nitrogen and oxygen atoms in total. The van der Waals surface area contributed by atoms with Gasteiger partial charge in [0.25, 0.3) is 5.56 Å². The Balaban J connectivity index is 1.89. The minimum Gasteiger partial charge on any atom is -0.497 e. The highest BCUT2D eigenvalue weighted by Gasteiger charge is 2.14. The number of aryl methyl sites for hydroxylation is 1. The van der Waals surface area contributed by atoms with Crippen LogP contribution in [0.5, 0.6) is 5.75 Å². The van der Waals surface area contributed by atoms with E-state index in [0.29, 0.717) is 28.2 Å². The van der Waals surface area contributed by atoms with Crippen LogP contribution in [0.2, 0.25) is 0 Å². The van der Waals surface area contributed by atoms with Gasteiger partial charge in [-0.1, -0.05) is 12.1 Å². The van der Waals surface area contributed by atoms with Crippen LogP contribution in [0.25, 0.3) is 16.7 Å². The molecule has 0 saturated heterocycles. The monoisotopic (exact) mass is 408 g/mol. The predicted octanol–water partition coefficient (Wildman–Crippen LogP) is 1.53. The Morgan fingerprint density at radius 3 is 2.47 bits per heavy atom. The molecule has 1 N–H and O–H groups in total. The summed E-state index contributed by atoms with van der Waals surface area (Å²) in [6.45, 7) is -0.0763. The number of rotatable bonds is 7. The molecule has 0 bridgehead atoms. The second-order valence-corrected chi connectivity index (χ2v) is 6.95. The van der Waals surface area contributed by atoms with Crippen molar-refractivity contribution in [2.75, 3.05) is 27.7 Å². The number of carbonyl (C=O) groups excluding carboxylic acids is 2. The number of fused-ring (bicyclic) bond motifs is 1. The number of nitrogens with zero attached hydrogens (tertiary/aromatic N) is 3. The molecular formula is C22H24N4O4. The fourth-order valence-corrected chi connectivity index (χ4v) is 2.98. The molecule has 0 aliphatic heterocycles. The van der Waals surface area contributed by atoms with Gasteiger partial charge in [0.2, 0.25) is 11.8 Å². The van der Waals surface area contributed by atoms with Crippen molar-refractivity contribution in [3.63, 3.8) is 0 Å². The first-order valence-corrected chi connectivity index (χ1v) is 9.52. The molecule has 1 heterocycles. The largest absolute Gasteiger partial charge is 0.497 e. The van der Waals surface area contributed by atoms with Gasteiger partial charge in [0.1, 0.15) is 11.4 Å². The zero-order valence-electron chi connectivity index (χ0n) is 17.2. The molecule has 0 spiro atoms. The molecule has 156 valence electrons. The van der Waals surface area contributed by atoms with Gasteiger partial charge in [-0.25, -0.2) is 4.98 Å². The van der Waals surface area contributed by atoms with E-state index in [9.17, 15) is 14.4 Å². The summed E-state index contributed by atoms with van der Waals surface area (Å²) >= 11 is 0. The fourth-order valence-electron chi connectivity index (χ4n) is 2.98. The van der Waals surface area contributed by atoms with E-state index >= 15 is 0 Å². The van der Waals surface area contributed by atoms with Crippen molar-refractivity contribution >= 4 is 22.8 Å².